The molecular weight excluding hydrogens is 175 g/mol. The molecule has 0 aliphatic heterocycles. The number of carboxylic acids is 1. The maximum absolute atomic E-state index is 13.0. The third-order valence-corrected chi connectivity index (χ3v) is 1.66. The predicted molar refractivity (Wildman–Crippen MR) is 45.4 cm³/mol. The fourth-order valence-corrected chi connectivity index (χ4v) is 1.01. The molecule has 1 aromatic carbocycles. The van der Waals surface area contributed by atoms with Gasteiger partial charge in [0, 0.05) is 11.3 Å². The van der Waals surface area contributed by atoms with Crippen LogP contribution in [0.4, 0.5) is 10.1 Å². The van der Waals surface area contributed by atoms with Gasteiger partial charge in [-0.2, -0.15) is 0 Å². The van der Waals surface area contributed by atoms with Gasteiger partial charge in [0.1, 0.15) is 11.9 Å². The second kappa shape index (κ2) is 3.40. The van der Waals surface area contributed by atoms with Crippen molar-refractivity contribution < 1.29 is 14.3 Å². The summed E-state index contributed by atoms with van der Waals surface area (Å²) in [4.78, 5) is 10.5. The molecule has 0 aliphatic rings. The fourth-order valence-electron chi connectivity index (χ4n) is 1.01. The van der Waals surface area contributed by atoms with Crippen molar-refractivity contribution in [3.63, 3.8) is 0 Å². The summed E-state index contributed by atoms with van der Waals surface area (Å²) in [5.41, 5.74) is 10.5. The first-order valence-electron chi connectivity index (χ1n) is 3.56. The number of rotatable bonds is 2. The molecule has 0 radical (unpaired) electrons. The van der Waals surface area contributed by atoms with Crippen molar-refractivity contribution in [3.8, 4) is 0 Å². The van der Waals surface area contributed by atoms with Crippen LogP contribution in [0.15, 0.2) is 18.2 Å². The van der Waals surface area contributed by atoms with E-state index in [0.29, 0.717) is 0 Å². The van der Waals surface area contributed by atoms with E-state index in [1.807, 2.05) is 0 Å². The van der Waals surface area contributed by atoms with Crippen LogP contribution in [0.2, 0.25) is 0 Å². The van der Waals surface area contributed by atoms with Gasteiger partial charge in [-0.25, -0.2) is 4.39 Å². The van der Waals surface area contributed by atoms with Gasteiger partial charge >= 0.3 is 5.97 Å². The quantitative estimate of drug-likeness (QED) is 0.583. The van der Waals surface area contributed by atoms with E-state index in [-0.39, 0.29) is 11.3 Å². The minimum absolute atomic E-state index is 0.0508. The molecule has 0 fully saturated rings. The number of hydrogen-bond donors (Lipinski definition) is 3. The van der Waals surface area contributed by atoms with E-state index in [1.54, 1.807) is 0 Å². The second-order valence-corrected chi connectivity index (χ2v) is 2.56. The molecule has 4 nitrogen and oxygen atoms in total. The molecule has 0 amide bonds. The Morgan fingerprint density at radius 2 is 2.15 bits per heavy atom. The molecular formula is C8H9FN2O2. The molecule has 13 heavy (non-hydrogen) atoms. The monoisotopic (exact) mass is 184 g/mol. The maximum Gasteiger partial charge on any atom is 0.325 e. The third kappa shape index (κ3) is 1.75. The van der Waals surface area contributed by atoms with E-state index >= 15 is 0 Å². The summed E-state index contributed by atoms with van der Waals surface area (Å²) in [5.74, 6) is -2.01. The molecule has 5 heteroatoms. The minimum atomic E-state index is -1.42. The topological polar surface area (TPSA) is 89.3 Å². The Labute approximate surface area is 74.0 Å². The summed E-state index contributed by atoms with van der Waals surface area (Å²) in [5, 5.41) is 8.54. The van der Waals surface area contributed by atoms with Gasteiger partial charge in [0.2, 0.25) is 0 Å². The Hall–Kier alpha value is -1.62. The van der Waals surface area contributed by atoms with Gasteiger partial charge < -0.3 is 16.6 Å². The lowest BCUT2D eigenvalue weighted by atomic mass is 10.1. The number of carboxylic acid groups (broad SMARTS) is 1. The highest BCUT2D eigenvalue weighted by molar-refractivity contribution is 5.77. The average Bonchev–Trinajstić information content (AvgIpc) is 2.03. The molecule has 1 aromatic rings. The van der Waals surface area contributed by atoms with Crippen LogP contribution in [0.1, 0.15) is 11.6 Å². The summed E-state index contributed by atoms with van der Waals surface area (Å²) in [7, 11) is 0. The van der Waals surface area contributed by atoms with E-state index in [9.17, 15) is 9.18 Å². The first-order chi connectivity index (χ1) is 6.04. The van der Waals surface area contributed by atoms with Crippen LogP contribution in [-0.4, -0.2) is 11.1 Å². The normalized spacial score (nSPS) is 12.5. The highest BCUT2D eigenvalue weighted by Gasteiger charge is 2.20. The Bertz CT molecular complexity index is 321. The van der Waals surface area contributed by atoms with E-state index in [2.05, 4.69) is 0 Å². The first-order valence-corrected chi connectivity index (χ1v) is 3.56. The highest BCUT2D eigenvalue weighted by Crippen LogP contribution is 2.21. The summed E-state index contributed by atoms with van der Waals surface area (Å²) in [6, 6.07) is 2.50. The van der Waals surface area contributed by atoms with Gasteiger partial charge in [0.25, 0.3) is 0 Å². The van der Waals surface area contributed by atoms with Crippen LogP contribution in [0.3, 0.4) is 0 Å². The molecule has 0 heterocycles. The molecule has 0 unspecified atom stereocenters. The number of carbonyl (C=O) groups is 1. The summed E-state index contributed by atoms with van der Waals surface area (Å²) in [6.45, 7) is 0. The van der Waals surface area contributed by atoms with Crippen molar-refractivity contribution >= 4 is 11.7 Å². The van der Waals surface area contributed by atoms with Crippen LogP contribution < -0.4 is 11.5 Å². The number of hydrogen-bond acceptors (Lipinski definition) is 3. The van der Waals surface area contributed by atoms with Crippen LogP contribution in [0.5, 0.6) is 0 Å². The molecule has 0 aliphatic carbocycles. The van der Waals surface area contributed by atoms with Gasteiger partial charge in [0.15, 0.2) is 0 Å². The molecule has 0 bridgehead atoms. The molecule has 0 saturated heterocycles. The van der Waals surface area contributed by atoms with E-state index in [0.717, 1.165) is 6.07 Å². The second-order valence-electron chi connectivity index (χ2n) is 2.56. The smallest absolute Gasteiger partial charge is 0.325 e. The van der Waals surface area contributed by atoms with Crippen molar-refractivity contribution in [2.45, 2.75) is 6.04 Å². The Morgan fingerprint density at radius 1 is 1.54 bits per heavy atom. The zero-order chi connectivity index (χ0) is 10.0. The number of benzene rings is 1. The number of aliphatic carboxylic acids is 1. The van der Waals surface area contributed by atoms with Crippen LogP contribution >= 0.6 is 0 Å². The summed E-state index contributed by atoms with van der Waals surface area (Å²) in [6.07, 6.45) is 0. The van der Waals surface area contributed by atoms with E-state index < -0.39 is 17.8 Å². The number of nitrogens with two attached hydrogens (primary N) is 2. The van der Waals surface area contributed by atoms with Crippen LogP contribution in [-0.2, 0) is 4.79 Å². The molecule has 70 valence electrons. The molecule has 1 atom stereocenters. The van der Waals surface area contributed by atoms with Gasteiger partial charge in [-0.1, -0.05) is 6.07 Å². The number of halogens is 1. The van der Waals surface area contributed by atoms with Crippen molar-refractivity contribution in [2.24, 2.45) is 5.73 Å². The summed E-state index contributed by atoms with van der Waals surface area (Å²) < 4.78 is 13.0. The lowest BCUT2D eigenvalue weighted by molar-refractivity contribution is -0.138. The average molecular weight is 184 g/mol. The maximum atomic E-state index is 13.0. The molecule has 5 N–H and O–H groups in total. The van der Waals surface area contributed by atoms with Gasteiger partial charge in [-0.15, -0.1) is 0 Å². The third-order valence-electron chi connectivity index (χ3n) is 1.66. The fraction of sp³-hybridized carbons (Fsp3) is 0.125. The minimum Gasteiger partial charge on any atom is -0.480 e. The molecule has 1 rings (SSSR count). The standard InChI is InChI=1S/C8H9FN2O2/c9-4-2-1-3-5(10)6(4)7(11)8(12)13/h1-3,7H,10-11H2,(H,12,13)/t7-/m1/s1. The molecule has 0 saturated carbocycles. The molecule has 0 aromatic heterocycles. The van der Waals surface area contributed by atoms with Gasteiger partial charge in [-0.3, -0.25) is 4.79 Å². The van der Waals surface area contributed by atoms with E-state index in [1.165, 1.54) is 12.1 Å². The highest BCUT2D eigenvalue weighted by atomic mass is 19.1. The lowest BCUT2D eigenvalue weighted by Gasteiger charge is -2.10. The zero-order valence-corrected chi connectivity index (χ0v) is 6.70. The number of anilines is 1. The van der Waals surface area contributed by atoms with Crippen molar-refractivity contribution in [2.75, 3.05) is 5.73 Å². The van der Waals surface area contributed by atoms with Crippen molar-refractivity contribution in [1.29, 1.82) is 0 Å². The molecule has 0 spiro atoms. The zero-order valence-electron chi connectivity index (χ0n) is 6.70. The summed E-state index contributed by atoms with van der Waals surface area (Å²) >= 11 is 0. The predicted octanol–water partition coefficient (Wildman–Crippen LogP) is 0.492. The van der Waals surface area contributed by atoms with Crippen LogP contribution in [0.25, 0.3) is 0 Å². The largest absolute Gasteiger partial charge is 0.480 e. The number of nitrogen functional groups attached to an aromatic ring is 1. The van der Waals surface area contributed by atoms with Gasteiger partial charge in [0.05, 0.1) is 0 Å². The SMILES string of the molecule is Nc1cccc(F)c1[C@@H](N)C(=O)O. The van der Waals surface area contributed by atoms with Gasteiger partial charge in [-0.05, 0) is 12.1 Å². The Balaban J connectivity index is 3.20. The van der Waals surface area contributed by atoms with Crippen molar-refractivity contribution in [1.82, 2.24) is 0 Å². The Kier molecular flexibility index (Phi) is 2.48. The van der Waals surface area contributed by atoms with E-state index in [4.69, 9.17) is 16.6 Å². The van der Waals surface area contributed by atoms with Crippen LogP contribution in [0, 0.1) is 5.82 Å². The first kappa shape index (κ1) is 9.47. The lowest BCUT2D eigenvalue weighted by Crippen LogP contribution is -2.23. The van der Waals surface area contributed by atoms with Crippen molar-refractivity contribution in [3.05, 3.63) is 29.6 Å². The Morgan fingerprint density at radius 3 is 2.62 bits per heavy atom.